The molecule has 0 N–H and O–H groups in total. The predicted molar refractivity (Wildman–Crippen MR) is 237 cm³/mol. The largest absolute Gasteiger partial charge is 0.456 e. The Labute approximate surface area is 336 Å². The van der Waals surface area contributed by atoms with Gasteiger partial charge in [0.15, 0.2) is 0 Å². The van der Waals surface area contributed by atoms with Gasteiger partial charge < -0.3 is 18.9 Å². The van der Waals surface area contributed by atoms with Crippen LogP contribution in [0.25, 0.3) is 72.0 Å². The zero-order valence-corrected chi connectivity index (χ0v) is 31.3. The minimum Gasteiger partial charge on any atom is -0.456 e. The molecule has 4 nitrogen and oxygen atoms in total. The summed E-state index contributed by atoms with van der Waals surface area (Å²) in [5.74, 6) is 3.39. The van der Waals surface area contributed by atoms with Gasteiger partial charge in [0.25, 0.3) is 0 Å². The van der Waals surface area contributed by atoms with Crippen LogP contribution in [0.1, 0.15) is 0 Å². The molecule has 0 bridgehead atoms. The van der Waals surface area contributed by atoms with E-state index in [1.807, 2.05) is 24.3 Å². The number of nitrogens with zero attached hydrogens (tertiary/aromatic N) is 2. The molecule has 0 saturated heterocycles. The van der Waals surface area contributed by atoms with Gasteiger partial charge in [-0.3, -0.25) is 0 Å². The summed E-state index contributed by atoms with van der Waals surface area (Å²) in [6.45, 7) is 0. The van der Waals surface area contributed by atoms with Crippen LogP contribution >= 0.6 is 0 Å². The van der Waals surface area contributed by atoms with Gasteiger partial charge in [-0.1, -0.05) is 121 Å². The highest BCUT2D eigenvalue weighted by molar-refractivity contribution is 6.11. The SMILES string of the molecule is c1ccc(-n2c3ccccc3c3cc(N(c4ccc5c(c4)-c4ccccc4Oc4ccccc4-5)c4ccc5c(c4)-c4ccccc4Oc4ccccc4-5)ccc32)cc1. The quantitative estimate of drug-likeness (QED) is 0.180. The van der Waals surface area contributed by atoms with Gasteiger partial charge in [0.2, 0.25) is 0 Å². The Morgan fingerprint density at radius 1 is 0.293 bits per heavy atom. The Kier molecular flexibility index (Phi) is 7.20. The number of rotatable bonds is 4. The molecule has 10 aromatic rings. The van der Waals surface area contributed by atoms with Crippen LogP contribution in [0.15, 0.2) is 206 Å². The van der Waals surface area contributed by atoms with Gasteiger partial charge in [0.05, 0.1) is 11.0 Å². The lowest BCUT2D eigenvalue weighted by Crippen LogP contribution is -2.10. The number of ether oxygens (including phenoxy) is 2. The van der Waals surface area contributed by atoms with E-state index in [1.54, 1.807) is 0 Å². The molecular formula is C54H34N2O2. The first-order valence-corrected chi connectivity index (χ1v) is 19.7. The molecule has 0 spiro atoms. The summed E-state index contributed by atoms with van der Waals surface area (Å²) in [7, 11) is 0. The van der Waals surface area contributed by atoms with E-state index >= 15 is 0 Å². The summed E-state index contributed by atoms with van der Waals surface area (Å²) >= 11 is 0. The fraction of sp³-hybridized carbons (Fsp3) is 0. The Bertz CT molecular complexity index is 3110. The fourth-order valence-electron chi connectivity index (χ4n) is 9.01. The number of anilines is 3. The van der Waals surface area contributed by atoms with Crippen molar-refractivity contribution in [3.05, 3.63) is 206 Å². The Morgan fingerprint density at radius 2 is 0.707 bits per heavy atom. The highest BCUT2D eigenvalue weighted by Crippen LogP contribution is 2.52. The number of aromatic nitrogens is 1. The van der Waals surface area contributed by atoms with Crippen molar-refractivity contribution in [3.63, 3.8) is 0 Å². The smallest absolute Gasteiger partial charge is 0.135 e. The average Bonchev–Trinajstić information content (AvgIpc) is 3.44. The first-order chi connectivity index (χ1) is 28.8. The second-order valence-corrected chi connectivity index (χ2v) is 14.9. The number of hydrogen-bond donors (Lipinski definition) is 0. The van der Waals surface area contributed by atoms with Crippen molar-refractivity contribution < 1.29 is 9.47 Å². The van der Waals surface area contributed by atoms with Crippen LogP contribution < -0.4 is 14.4 Å². The second-order valence-electron chi connectivity index (χ2n) is 14.9. The Morgan fingerprint density at radius 3 is 1.26 bits per heavy atom. The van der Waals surface area contributed by atoms with Crippen LogP contribution in [-0.2, 0) is 0 Å². The van der Waals surface area contributed by atoms with E-state index in [-0.39, 0.29) is 0 Å². The van der Waals surface area contributed by atoms with E-state index in [1.165, 1.54) is 16.3 Å². The van der Waals surface area contributed by atoms with E-state index in [2.05, 4.69) is 191 Å². The molecule has 0 radical (unpaired) electrons. The zero-order valence-electron chi connectivity index (χ0n) is 31.3. The highest BCUT2D eigenvalue weighted by atomic mass is 16.5. The van der Waals surface area contributed by atoms with Crippen molar-refractivity contribution >= 4 is 38.9 Å². The standard InChI is InChI=1S/C54H34N2O2/c1-2-14-35(15-3-1)56-49-21-9-4-16-41(49)48-34-38(28-31-50(48)56)55(36-26-29-39-42-17-5-10-22-51(42)57-53-24-12-7-19-44(53)46(39)32-36)37-27-30-40-43-18-6-11-23-52(43)58-54-25-13-8-20-45(54)47(40)33-37/h1-34H. The molecule has 12 rings (SSSR count). The topological polar surface area (TPSA) is 26.6 Å². The minimum absolute atomic E-state index is 0.841. The Hall–Kier alpha value is -7.82. The van der Waals surface area contributed by atoms with Crippen molar-refractivity contribution in [1.82, 2.24) is 4.57 Å². The van der Waals surface area contributed by atoms with Crippen LogP contribution in [0, 0.1) is 0 Å². The summed E-state index contributed by atoms with van der Waals surface area (Å²) < 4.78 is 15.5. The van der Waals surface area contributed by atoms with Crippen LogP contribution in [0.4, 0.5) is 17.1 Å². The molecule has 0 amide bonds. The third-order valence-corrected chi connectivity index (χ3v) is 11.6. The van der Waals surface area contributed by atoms with Crippen LogP contribution in [0.3, 0.4) is 0 Å². The molecule has 272 valence electrons. The van der Waals surface area contributed by atoms with E-state index in [0.717, 1.165) is 95.8 Å². The molecule has 0 unspecified atom stereocenters. The summed E-state index contributed by atoms with van der Waals surface area (Å²) in [6, 6.07) is 73.2. The van der Waals surface area contributed by atoms with Crippen LogP contribution in [-0.4, -0.2) is 4.57 Å². The van der Waals surface area contributed by atoms with Crippen molar-refractivity contribution in [2.24, 2.45) is 0 Å². The molecule has 0 fully saturated rings. The van der Waals surface area contributed by atoms with Crippen LogP contribution in [0.2, 0.25) is 0 Å². The van der Waals surface area contributed by atoms with Gasteiger partial charge in [0.1, 0.15) is 23.0 Å². The average molecular weight is 743 g/mol. The molecule has 0 aliphatic carbocycles. The maximum absolute atomic E-state index is 6.59. The number of hydrogen-bond acceptors (Lipinski definition) is 3. The van der Waals surface area contributed by atoms with Gasteiger partial charge in [-0.05, 0) is 107 Å². The minimum atomic E-state index is 0.841. The van der Waals surface area contributed by atoms with Gasteiger partial charge in [-0.2, -0.15) is 0 Å². The van der Waals surface area contributed by atoms with Crippen LogP contribution in [0.5, 0.6) is 23.0 Å². The first-order valence-electron chi connectivity index (χ1n) is 19.7. The van der Waals surface area contributed by atoms with Gasteiger partial charge >= 0.3 is 0 Å². The summed E-state index contributed by atoms with van der Waals surface area (Å²) in [5.41, 5.74) is 15.4. The zero-order chi connectivity index (χ0) is 38.2. The van der Waals surface area contributed by atoms with Crippen molar-refractivity contribution in [2.75, 3.05) is 4.90 Å². The molecule has 2 aliphatic heterocycles. The molecular weight excluding hydrogens is 709 g/mol. The molecule has 4 heteroatoms. The highest BCUT2D eigenvalue weighted by Gasteiger charge is 2.26. The number of para-hydroxylation sites is 6. The van der Waals surface area contributed by atoms with E-state index < -0.39 is 0 Å². The third-order valence-electron chi connectivity index (χ3n) is 11.6. The van der Waals surface area contributed by atoms with Crippen molar-refractivity contribution in [1.29, 1.82) is 0 Å². The summed E-state index contributed by atoms with van der Waals surface area (Å²) in [6.07, 6.45) is 0. The predicted octanol–water partition coefficient (Wildman–Crippen LogP) is 15.1. The molecule has 0 atom stereocenters. The Balaban J connectivity index is 1.13. The van der Waals surface area contributed by atoms with Gasteiger partial charge in [-0.25, -0.2) is 0 Å². The van der Waals surface area contributed by atoms with Gasteiger partial charge in [-0.15, -0.1) is 0 Å². The third kappa shape index (κ3) is 5.02. The number of benzene rings is 9. The van der Waals surface area contributed by atoms with E-state index in [4.69, 9.17) is 9.47 Å². The molecule has 9 aromatic carbocycles. The van der Waals surface area contributed by atoms with Gasteiger partial charge in [0, 0.05) is 55.8 Å². The molecule has 3 heterocycles. The number of fused-ring (bicyclic) bond motifs is 13. The monoisotopic (exact) mass is 742 g/mol. The molecule has 0 saturated carbocycles. The lowest BCUT2D eigenvalue weighted by Gasteiger charge is -2.28. The van der Waals surface area contributed by atoms with Crippen molar-refractivity contribution in [3.8, 4) is 73.2 Å². The maximum Gasteiger partial charge on any atom is 0.135 e. The van der Waals surface area contributed by atoms with E-state index in [9.17, 15) is 0 Å². The molecule has 58 heavy (non-hydrogen) atoms. The summed E-state index contributed by atoms with van der Waals surface area (Å²) in [4.78, 5) is 2.40. The lowest BCUT2D eigenvalue weighted by molar-refractivity contribution is 0.487. The lowest BCUT2D eigenvalue weighted by atomic mass is 9.92. The first kappa shape index (κ1) is 32.4. The molecule has 1 aromatic heterocycles. The fourth-order valence-corrected chi connectivity index (χ4v) is 9.01. The maximum atomic E-state index is 6.59. The summed E-state index contributed by atoms with van der Waals surface area (Å²) in [5, 5.41) is 2.39. The second kappa shape index (κ2) is 12.9. The normalized spacial score (nSPS) is 12.1. The van der Waals surface area contributed by atoms with E-state index in [0.29, 0.717) is 0 Å². The molecule has 2 aliphatic rings. The van der Waals surface area contributed by atoms with Crippen molar-refractivity contribution in [2.45, 2.75) is 0 Å².